The lowest BCUT2D eigenvalue weighted by atomic mass is 10.0. The van der Waals surface area contributed by atoms with E-state index in [0.29, 0.717) is 12.8 Å². The number of quaternary nitrogens is 1. The molecule has 0 N–H and O–H groups in total. The Balaban J connectivity index is 1.70. The molecule has 200 valence electrons. The molecule has 2 rings (SSSR count). The Bertz CT molecular complexity index is 832. The van der Waals surface area contributed by atoms with Crippen molar-refractivity contribution in [2.75, 3.05) is 20.6 Å². The fourth-order valence-corrected chi connectivity index (χ4v) is 4.56. The molecule has 0 fully saturated rings. The van der Waals surface area contributed by atoms with E-state index in [1.165, 1.54) is 56.1 Å². The van der Waals surface area contributed by atoms with Crippen LogP contribution in [0.15, 0.2) is 54.6 Å². The number of hydrogen-bond acceptors (Lipinski definition) is 3. The Morgan fingerprint density at radius 3 is 2.11 bits per heavy atom. The Morgan fingerprint density at radius 1 is 0.778 bits per heavy atom. The molecule has 0 saturated carbocycles. The first-order valence-corrected chi connectivity index (χ1v) is 14.2. The maximum Gasteiger partial charge on any atom is 0.309 e. The number of rotatable bonds is 19. The van der Waals surface area contributed by atoms with E-state index in [2.05, 4.69) is 64.3 Å². The van der Waals surface area contributed by atoms with Crippen LogP contribution >= 0.6 is 0 Å². The fraction of sp³-hybridized carbons (Fsp3) is 0.594. The summed E-state index contributed by atoms with van der Waals surface area (Å²) >= 11 is 0. The molecule has 0 spiro atoms. The second-order valence-electron chi connectivity index (χ2n) is 10.7. The van der Waals surface area contributed by atoms with Gasteiger partial charge < -0.3 is 14.0 Å². The highest BCUT2D eigenvalue weighted by Crippen LogP contribution is 2.19. The summed E-state index contributed by atoms with van der Waals surface area (Å²) in [6, 6.07) is 18.8. The lowest BCUT2D eigenvalue weighted by molar-refractivity contribution is -0.903. The molecular formula is C32H50NO3+. The van der Waals surface area contributed by atoms with E-state index >= 15 is 0 Å². The Labute approximate surface area is 220 Å². The molecule has 0 aromatic heterocycles. The highest BCUT2D eigenvalue weighted by Gasteiger charge is 2.19. The Kier molecular flexibility index (Phi) is 14.3. The summed E-state index contributed by atoms with van der Waals surface area (Å²) in [4.78, 5) is 12.5. The van der Waals surface area contributed by atoms with Gasteiger partial charge in [-0.2, -0.15) is 0 Å². The lowest BCUT2D eigenvalue weighted by Crippen LogP contribution is -2.39. The van der Waals surface area contributed by atoms with E-state index < -0.39 is 6.29 Å². The van der Waals surface area contributed by atoms with Gasteiger partial charge in [0, 0.05) is 18.4 Å². The summed E-state index contributed by atoms with van der Waals surface area (Å²) < 4.78 is 12.6. The van der Waals surface area contributed by atoms with Crippen LogP contribution in [0.4, 0.5) is 0 Å². The number of unbranched alkanes of at least 4 members (excludes halogenated alkanes) is 6. The first-order chi connectivity index (χ1) is 17.4. The van der Waals surface area contributed by atoms with Gasteiger partial charge in [0.15, 0.2) is 0 Å². The van der Waals surface area contributed by atoms with Gasteiger partial charge >= 0.3 is 5.97 Å². The molecule has 0 aliphatic heterocycles. The average Bonchev–Trinajstić information content (AvgIpc) is 2.85. The third kappa shape index (κ3) is 13.1. The van der Waals surface area contributed by atoms with Crippen molar-refractivity contribution in [3.8, 4) is 5.75 Å². The van der Waals surface area contributed by atoms with Gasteiger partial charge in [0.05, 0.1) is 27.1 Å². The third-order valence-electron chi connectivity index (χ3n) is 6.64. The van der Waals surface area contributed by atoms with Gasteiger partial charge in [0.1, 0.15) is 12.3 Å². The summed E-state index contributed by atoms with van der Waals surface area (Å²) in [5, 5.41) is 0. The van der Waals surface area contributed by atoms with Crippen LogP contribution in [0.25, 0.3) is 0 Å². The molecule has 0 aliphatic carbocycles. The van der Waals surface area contributed by atoms with Crippen molar-refractivity contribution in [3.63, 3.8) is 0 Å². The monoisotopic (exact) mass is 496 g/mol. The number of ether oxygens (including phenoxy) is 2. The average molecular weight is 497 g/mol. The topological polar surface area (TPSA) is 35.5 Å². The van der Waals surface area contributed by atoms with Crippen LogP contribution in [-0.2, 0) is 22.5 Å². The van der Waals surface area contributed by atoms with Crippen LogP contribution < -0.4 is 4.74 Å². The molecule has 2 aromatic carbocycles. The molecule has 0 heterocycles. The highest BCUT2D eigenvalue weighted by molar-refractivity contribution is 5.69. The predicted octanol–water partition coefficient (Wildman–Crippen LogP) is 8.08. The van der Waals surface area contributed by atoms with E-state index in [1.807, 2.05) is 18.2 Å². The first-order valence-electron chi connectivity index (χ1n) is 14.2. The van der Waals surface area contributed by atoms with Gasteiger partial charge in [0.2, 0.25) is 6.29 Å². The number of benzene rings is 2. The van der Waals surface area contributed by atoms with Gasteiger partial charge in [-0.05, 0) is 37.0 Å². The summed E-state index contributed by atoms with van der Waals surface area (Å²) in [6.45, 7) is 6.21. The van der Waals surface area contributed by atoms with Gasteiger partial charge in [0.25, 0.3) is 0 Å². The second kappa shape index (κ2) is 17.2. The zero-order chi connectivity index (χ0) is 26.1. The lowest BCUT2D eigenvalue weighted by Gasteiger charge is -2.30. The zero-order valence-corrected chi connectivity index (χ0v) is 23.3. The summed E-state index contributed by atoms with van der Waals surface area (Å²) in [7, 11) is 4.41. The van der Waals surface area contributed by atoms with Crippen LogP contribution in [0.1, 0.15) is 95.6 Å². The summed E-state index contributed by atoms with van der Waals surface area (Å²) in [5.41, 5.74) is 2.66. The number of esters is 1. The SMILES string of the molecule is CCCCCCCCCc1ccc(OC(CCC)OC(=O)CCC[N+](C)(C)Cc2ccccc2)cc1. The molecule has 0 saturated heterocycles. The van der Waals surface area contributed by atoms with Crippen LogP contribution in [0, 0.1) is 0 Å². The highest BCUT2D eigenvalue weighted by atomic mass is 16.7. The standard InChI is InChI=1S/C32H50NO3/c1-5-7-8-9-10-11-13-18-28-22-24-30(25-23-28)35-32(17-6-2)36-31(34)21-16-26-33(3,4)27-29-19-14-12-15-20-29/h12,14-15,19-20,22-25,32H,5-11,13,16-18,21,26-27H2,1-4H3/q+1. The van der Waals surface area contributed by atoms with Crippen molar-refractivity contribution in [2.45, 2.75) is 104 Å². The van der Waals surface area contributed by atoms with Crippen molar-refractivity contribution in [2.24, 2.45) is 0 Å². The summed E-state index contributed by atoms with van der Waals surface area (Å²) in [5.74, 6) is 0.592. The second-order valence-corrected chi connectivity index (χ2v) is 10.7. The molecule has 1 unspecified atom stereocenters. The fourth-order valence-electron chi connectivity index (χ4n) is 4.56. The van der Waals surface area contributed by atoms with Gasteiger partial charge in [-0.3, -0.25) is 4.79 Å². The van der Waals surface area contributed by atoms with Crippen molar-refractivity contribution in [1.29, 1.82) is 0 Å². The molecule has 0 bridgehead atoms. The van der Waals surface area contributed by atoms with Crippen LogP contribution in [-0.4, -0.2) is 37.4 Å². The molecule has 36 heavy (non-hydrogen) atoms. The first kappa shape index (κ1) is 29.9. The van der Waals surface area contributed by atoms with E-state index in [-0.39, 0.29) is 5.97 Å². The van der Waals surface area contributed by atoms with E-state index in [0.717, 1.165) is 42.6 Å². The van der Waals surface area contributed by atoms with Gasteiger partial charge in [-0.15, -0.1) is 0 Å². The number of aryl methyl sites for hydroxylation is 1. The van der Waals surface area contributed by atoms with Crippen LogP contribution in [0.5, 0.6) is 5.75 Å². The predicted molar refractivity (Wildman–Crippen MR) is 150 cm³/mol. The maximum atomic E-state index is 12.5. The minimum absolute atomic E-state index is 0.177. The molecule has 4 heteroatoms. The molecule has 0 aliphatic rings. The largest absolute Gasteiger partial charge is 0.455 e. The van der Waals surface area contributed by atoms with Crippen LogP contribution in [0.2, 0.25) is 0 Å². The smallest absolute Gasteiger partial charge is 0.309 e. The molecular weight excluding hydrogens is 446 g/mol. The molecule has 2 aromatic rings. The minimum Gasteiger partial charge on any atom is -0.455 e. The van der Waals surface area contributed by atoms with Crippen LogP contribution in [0.3, 0.4) is 0 Å². The molecule has 1 atom stereocenters. The van der Waals surface area contributed by atoms with Crippen molar-refractivity contribution in [3.05, 3.63) is 65.7 Å². The number of carbonyl (C=O) groups is 1. The van der Waals surface area contributed by atoms with Gasteiger partial charge in [-0.25, -0.2) is 0 Å². The Morgan fingerprint density at radius 2 is 1.44 bits per heavy atom. The zero-order valence-electron chi connectivity index (χ0n) is 23.3. The van der Waals surface area contributed by atoms with E-state index in [1.54, 1.807) is 0 Å². The summed E-state index contributed by atoms with van der Waals surface area (Å²) in [6.07, 6.45) is 12.7. The third-order valence-corrected chi connectivity index (χ3v) is 6.64. The number of hydrogen-bond donors (Lipinski definition) is 0. The quantitative estimate of drug-likeness (QED) is 0.0853. The Hall–Kier alpha value is -2.33. The number of carbonyl (C=O) groups excluding carboxylic acids is 1. The van der Waals surface area contributed by atoms with E-state index in [4.69, 9.17) is 9.47 Å². The van der Waals surface area contributed by atoms with Crippen molar-refractivity contribution in [1.82, 2.24) is 0 Å². The van der Waals surface area contributed by atoms with E-state index in [9.17, 15) is 4.79 Å². The molecule has 0 amide bonds. The minimum atomic E-state index is -0.525. The normalized spacial score (nSPS) is 12.3. The van der Waals surface area contributed by atoms with Crippen molar-refractivity contribution >= 4 is 5.97 Å². The molecule has 0 radical (unpaired) electrons. The van der Waals surface area contributed by atoms with Gasteiger partial charge in [-0.1, -0.05) is 94.8 Å². The molecule has 4 nitrogen and oxygen atoms in total. The van der Waals surface area contributed by atoms with Crippen molar-refractivity contribution < 1.29 is 18.8 Å². The number of nitrogens with zero attached hydrogens (tertiary/aromatic N) is 1. The maximum absolute atomic E-state index is 12.5.